The van der Waals surface area contributed by atoms with Crippen LogP contribution < -0.4 is 16.0 Å². The number of primary amides is 1. The number of carbonyl (C=O) groups excluding carboxylic acids is 1. The standard InChI is InChI=1S/C24H30FN5O2/c25-19-3-1-2-4-22(19)30(23-6-5-20(24(26)31)28-29-23)17-12-16-14-27-21(18(16)13-17)11-15-7-9-32-10-8-15/h1-6,15-18,21,27H,7-14H2,(H2,26,31)/t16-,17+,18+,21+/m1/s1. The number of para-hydroxylation sites is 1. The zero-order valence-electron chi connectivity index (χ0n) is 18.1. The molecule has 0 radical (unpaired) electrons. The zero-order valence-corrected chi connectivity index (χ0v) is 18.1. The van der Waals surface area contributed by atoms with Crippen LogP contribution in [-0.2, 0) is 4.74 Å². The van der Waals surface area contributed by atoms with E-state index in [9.17, 15) is 9.18 Å². The van der Waals surface area contributed by atoms with Crippen LogP contribution in [0.2, 0.25) is 0 Å². The summed E-state index contributed by atoms with van der Waals surface area (Å²) < 4.78 is 20.4. The van der Waals surface area contributed by atoms with E-state index in [1.807, 2.05) is 11.0 Å². The third-order valence-corrected chi connectivity index (χ3v) is 7.44. The first-order valence-electron chi connectivity index (χ1n) is 11.6. The Labute approximate surface area is 187 Å². The molecule has 3 heterocycles. The Kier molecular flexibility index (Phi) is 6.06. The fourth-order valence-electron chi connectivity index (χ4n) is 5.86. The predicted octanol–water partition coefficient (Wildman–Crippen LogP) is 3.04. The van der Waals surface area contributed by atoms with Crippen LogP contribution in [0.3, 0.4) is 0 Å². The minimum atomic E-state index is -0.626. The molecule has 2 aliphatic heterocycles. The van der Waals surface area contributed by atoms with Gasteiger partial charge >= 0.3 is 0 Å². The Hall–Kier alpha value is -2.58. The summed E-state index contributed by atoms with van der Waals surface area (Å²) in [6, 6.07) is 10.7. The van der Waals surface area contributed by atoms with Crippen LogP contribution >= 0.6 is 0 Å². The summed E-state index contributed by atoms with van der Waals surface area (Å²) >= 11 is 0. The van der Waals surface area contributed by atoms with Gasteiger partial charge < -0.3 is 20.7 Å². The van der Waals surface area contributed by atoms with E-state index < -0.39 is 5.91 Å². The van der Waals surface area contributed by atoms with Crippen molar-refractivity contribution in [2.24, 2.45) is 23.5 Å². The molecule has 32 heavy (non-hydrogen) atoms. The van der Waals surface area contributed by atoms with E-state index in [2.05, 4.69) is 15.5 Å². The number of nitrogens with zero attached hydrogens (tertiary/aromatic N) is 3. The van der Waals surface area contributed by atoms with Crippen LogP contribution in [0.1, 0.15) is 42.6 Å². The van der Waals surface area contributed by atoms with Gasteiger partial charge in [0.15, 0.2) is 11.5 Å². The normalized spacial score (nSPS) is 27.9. The fourth-order valence-corrected chi connectivity index (χ4v) is 5.86. The largest absolute Gasteiger partial charge is 0.381 e. The molecule has 1 aromatic carbocycles. The monoisotopic (exact) mass is 439 g/mol. The van der Waals surface area contributed by atoms with Crippen molar-refractivity contribution in [3.63, 3.8) is 0 Å². The van der Waals surface area contributed by atoms with Crippen LogP contribution in [0.25, 0.3) is 0 Å². The van der Waals surface area contributed by atoms with Crippen LogP contribution in [0.15, 0.2) is 36.4 Å². The molecule has 4 atom stereocenters. The van der Waals surface area contributed by atoms with Crippen molar-refractivity contribution in [3.05, 3.63) is 47.9 Å². The number of fused-ring (bicyclic) bond motifs is 1. The Balaban J connectivity index is 1.39. The second-order valence-corrected chi connectivity index (χ2v) is 9.32. The van der Waals surface area contributed by atoms with Crippen molar-refractivity contribution in [2.75, 3.05) is 24.7 Å². The summed E-state index contributed by atoms with van der Waals surface area (Å²) in [6.07, 6.45) is 5.41. The summed E-state index contributed by atoms with van der Waals surface area (Å²) in [6.45, 7) is 2.75. The van der Waals surface area contributed by atoms with Gasteiger partial charge in [-0.15, -0.1) is 10.2 Å². The molecule has 2 saturated heterocycles. The molecule has 7 nitrogen and oxygen atoms in total. The van der Waals surface area contributed by atoms with Gasteiger partial charge in [0.05, 0.1) is 5.69 Å². The number of anilines is 2. The number of hydrogen-bond donors (Lipinski definition) is 2. The first-order valence-corrected chi connectivity index (χ1v) is 11.6. The molecule has 1 saturated carbocycles. The number of amides is 1. The number of rotatable bonds is 6. The minimum Gasteiger partial charge on any atom is -0.381 e. The van der Waals surface area contributed by atoms with Gasteiger partial charge in [-0.3, -0.25) is 4.79 Å². The molecule has 0 unspecified atom stereocenters. The van der Waals surface area contributed by atoms with Gasteiger partial charge in [0.1, 0.15) is 5.82 Å². The van der Waals surface area contributed by atoms with Gasteiger partial charge in [0.2, 0.25) is 0 Å². The van der Waals surface area contributed by atoms with Crippen molar-refractivity contribution in [1.82, 2.24) is 15.5 Å². The summed E-state index contributed by atoms with van der Waals surface area (Å²) in [5, 5.41) is 12.0. The van der Waals surface area contributed by atoms with Gasteiger partial charge in [0, 0.05) is 25.3 Å². The summed E-state index contributed by atoms with van der Waals surface area (Å²) in [7, 11) is 0. The third kappa shape index (κ3) is 4.21. The van der Waals surface area contributed by atoms with Crippen molar-refractivity contribution < 1.29 is 13.9 Å². The van der Waals surface area contributed by atoms with E-state index in [1.165, 1.54) is 12.5 Å². The molecule has 170 valence electrons. The Morgan fingerprint density at radius 3 is 2.69 bits per heavy atom. The van der Waals surface area contributed by atoms with Gasteiger partial charge in [-0.1, -0.05) is 12.1 Å². The van der Waals surface area contributed by atoms with Crippen LogP contribution in [-0.4, -0.2) is 47.9 Å². The van der Waals surface area contributed by atoms with Crippen molar-refractivity contribution in [2.45, 2.75) is 44.2 Å². The number of benzene rings is 1. The van der Waals surface area contributed by atoms with Crippen LogP contribution in [0.5, 0.6) is 0 Å². The first kappa shape index (κ1) is 21.3. The second kappa shape index (κ2) is 9.11. The Morgan fingerprint density at radius 2 is 1.97 bits per heavy atom. The number of halogens is 1. The number of nitrogens with one attached hydrogen (secondary N) is 1. The SMILES string of the molecule is NC(=O)c1ccc(N(c2ccccc2F)[C@H]2C[C@@H]3CN[C@@H](CC4CCOCC4)[C@H]3C2)nn1. The molecule has 8 heteroatoms. The lowest BCUT2D eigenvalue weighted by Crippen LogP contribution is -2.36. The number of ether oxygens (including phenoxy) is 1. The molecule has 5 rings (SSSR count). The number of hydrogen-bond acceptors (Lipinski definition) is 6. The van der Waals surface area contributed by atoms with Crippen LogP contribution in [0.4, 0.5) is 15.9 Å². The molecular formula is C24H30FN5O2. The number of nitrogens with two attached hydrogens (primary N) is 1. The van der Waals surface area contributed by atoms with E-state index in [-0.39, 0.29) is 17.6 Å². The van der Waals surface area contributed by atoms with E-state index >= 15 is 0 Å². The van der Waals surface area contributed by atoms with E-state index in [0.717, 1.165) is 45.4 Å². The van der Waals surface area contributed by atoms with Crippen LogP contribution in [0, 0.1) is 23.6 Å². The molecule has 2 aromatic rings. The molecule has 3 aliphatic rings. The van der Waals surface area contributed by atoms with Gasteiger partial charge in [-0.05, 0) is 80.7 Å². The zero-order chi connectivity index (χ0) is 22.1. The predicted molar refractivity (Wildman–Crippen MR) is 119 cm³/mol. The Morgan fingerprint density at radius 1 is 1.16 bits per heavy atom. The van der Waals surface area contributed by atoms with Crippen molar-refractivity contribution >= 4 is 17.4 Å². The average molecular weight is 440 g/mol. The fraction of sp³-hybridized carbons (Fsp3) is 0.542. The molecule has 1 amide bonds. The molecular weight excluding hydrogens is 409 g/mol. The smallest absolute Gasteiger partial charge is 0.269 e. The molecule has 3 fully saturated rings. The lowest BCUT2D eigenvalue weighted by molar-refractivity contribution is 0.0593. The topological polar surface area (TPSA) is 93.4 Å². The third-order valence-electron chi connectivity index (χ3n) is 7.44. The van der Waals surface area contributed by atoms with Gasteiger partial charge in [-0.2, -0.15) is 0 Å². The van der Waals surface area contributed by atoms with Gasteiger partial charge in [-0.25, -0.2) is 4.39 Å². The summed E-state index contributed by atoms with van der Waals surface area (Å²) in [4.78, 5) is 13.4. The average Bonchev–Trinajstić information content (AvgIpc) is 3.38. The van der Waals surface area contributed by atoms with Crippen molar-refractivity contribution in [3.8, 4) is 0 Å². The van der Waals surface area contributed by atoms with Crippen molar-refractivity contribution in [1.29, 1.82) is 0 Å². The number of carbonyl (C=O) groups is 1. The maximum Gasteiger partial charge on any atom is 0.269 e. The molecule has 0 spiro atoms. The molecule has 1 aliphatic carbocycles. The van der Waals surface area contributed by atoms with E-state index in [1.54, 1.807) is 24.3 Å². The highest BCUT2D eigenvalue weighted by atomic mass is 19.1. The molecule has 0 bridgehead atoms. The highest BCUT2D eigenvalue weighted by Crippen LogP contribution is 2.45. The maximum atomic E-state index is 14.9. The first-order chi connectivity index (χ1) is 15.6. The summed E-state index contributed by atoms with van der Waals surface area (Å²) in [5.74, 6) is 1.47. The minimum absolute atomic E-state index is 0.103. The number of aromatic nitrogens is 2. The van der Waals surface area contributed by atoms with E-state index in [4.69, 9.17) is 10.5 Å². The quantitative estimate of drug-likeness (QED) is 0.719. The second-order valence-electron chi connectivity index (χ2n) is 9.32. The Bertz CT molecular complexity index is 950. The highest BCUT2D eigenvalue weighted by molar-refractivity contribution is 5.90. The molecule has 1 aromatic heterocycles. The van der Waals surface area contributed by atoms with Gasteiger partial charge in [0.25, 0.3) is 5.91 Å². The van der Waals surface area contributed by atoms with E-state index in [0.29, 0.717) is 35.3 Å². The lowest BCUT2D eigenvalue weighted by Gasteiger charge is -2.32. The molecule has 3 N–H and O–H groups in total. The summed E-state index contributed by atoms with van der Waals surface area (Å²) in [5.41, 5.74) is 5.92. The lowest BCUT2D eigenvalue weighted by atomic mass is 9.85. The maximum absolute atomic E-state index is 14.9. The highest BCUT2D eigenvalue weighted by Gasteiger charge is 2.46.